The molecule has 0 amide bonds. The summed E-state index contributed by atoms with van der Waals surface area (Å²) in [5.74, 6) is 4.41. The lowest BCUT2D eigenvalue weighted by molar-refractivity contribution is 0.489. The van der Waals surface area contributed by atoms with E-state index in [1.54, 1.807) is 12.1 Å². The molecule has 1 aliphatic heterocycles. The van der Waals surface area contributed by atoms with Gasteiger partial charge in [-0.1, -0.05) is 0 Å². The summed E-state index contributed by atoms with van der Waals surface area (Å²) in [5, 5.41) is 0. The molecule has 0 aliphatic carbocycles. The molecule has 1 saturated heterocycles. The van der Waals surface area contributed by atoms with Crippen LogP contribution in [0.2, 0.25) is 0 Å². The van der Waals surface area contributed by atoms with Crippen LogP contribution in [0.25, 0.3) is 11.0 Å². The number of thioether (sulfide) groups is 1. The first-order chi connectivity index (χ1) is 9.28. The molecule has 1 atom stereocenters. The number of alkyl halides is 1. The number of aryl methyl sites for hydroxylation is 1. The van der Waals surface area contributed by atoms with Crippen LogP contribution in [0.1, 0.15) is 12.2 Å². The first-order valence-electron chi connectivity index (χ1n) is 6.56. The van der Waals surface area contributed by atoms with Crippen LogP contribution in [-0.2, 0) is 13.0 Å². The third-order valence-corrected chi connectivity index (χ3v) is 4.99. The molecule has 0 spiro atoms. The van der Waals surface area contributed by atoms with Crippen LogP contribution in [0, 0.1) is 11.7 Å². The molecule has 19 heavy (non-hydrogen) atoms. The minimum Gasteiger partial charge on any atom is -0.328 e. The van der Waals surface area contributed by atoms with Gasteiger partial charge in [0.15, 0.2) is 0 Å². The molecule has 0 saturated carbocycles. The maximum absolute atomic E-state index is 13.5. The van der Waals surface area contributed by atoms with E-state index < -0.39 is 0 Å². The van der Waals surface area contributed by atoms with E-state index in [1.807, 2.05) is 11.8 Å². The van der Waals surface area contributed by atoms with Gasteiger partial charge >= 0.3 is 0 Å². The van der Waals surface area contributed by atoms with Gasteiger partial charge in [0.25, 0.3) is 0 Å². The first-order valence-corrected chi connectivity index (χ1v) is 8.25. The number of imidazole rings is 1. The van der Waals surface area contributed by atoms with Crippen molar-refractivity contribution in [1.82, 2.24) is 9.55 Å². The second kappa shape index (κ2) is 5.71. The maximum atomic E-state index is 13.5. The number of rotatable bonds is 4. The number of hydrogen-bond donors (Lipinski definition) is 0. The molecule has 1 aromatic carbocycles. The Morgan fingerprint density at radius 3 is 3.11 bits per heavy atom. The smallest absolute Gasteiger partial charge is 0.125 e. The highest BCUT2D eigenvalue weighted by atomic mass is 35.5. The van der Waals surface area contributed by atoms with E-state index in [1.165, 1.54) is 24.0 Å². The molecular formula is C14H16ClFN2S. The van der Waals surface area contributed by atoms with Gasteiger partial charge < -0.3 is 4.57 Å². The van der Waals surface area contributed by atoms with Crippen molar-refractivity contribution in [1.29, 1.82) is 0 Å². The van der Waals surface area contributed by atoms with Crippen LogP contribution in [0.5, 0.6) is 0 Å². The largest absolute Gasteiger partial charge is 0.328 e. The van der Waals surface area contributed by atoms with E-state index in [0.29, 0.717) is 11.8 Å². The average Bonchev–Trinajstić information content (AvgIpc) is 3.00. The molecule has 1 aliphatic rings. The van der Waals surface area contributed by atoms with Crippen LogP contribution in [0.3, 0.4) is 0 Å². The second-order valence-corrected chi connectivity index (χ2v) is 6.47. The zero-order chi connectivity index (χ0) is 13.2. The Hall–Kier alpha value is -0.740. The predicted octanol–water partition coefficient (Wildman–Crippen LogP) is 3.71. The van der Waals surface area contributed by atoms with E-state index in [0.717, 1.165) is 29.8 Å². The molecule has 0 bridgehead atoms. The van der Waals surface area contributed by atoms with Gasteiger partial charge in [-0.3, -0.25) is 0 Å². The SMILES string of the molecule is Fc1ccc2nc(CCCl)n(CC3CCSC3)c2c1. The fraction of sp³-hybridized carbons (Fsp3) is 0.500. The highest BCUT2D eigenvalue weighted by Crippen LogP contribution is 2.27. The molecule has 2 aromatic rings. The summed E-state index contributed by atoms with van der Waals surface area (Å²) in [6.45, 7) is 0.930. The summed E-state index contributed by atoms with van der Waals surface area (Å²) in [4.78, 5) is 4.59. The normalized spacial score (nSPS) is 19.4. The number of hydrogen-bond acceptors (Lipinski definition) is 2. The van der Waals surface area contributed by atoms with Crippen molar-refractivity contribution in [2.45, 2.75) is 19.4 Å². The summed E-state index contributed by atoms with van der Waals surface area (Å²) in [6, 6.07) is 4.81. The zero-order valence-electron chi connectivity index (χ0n) is 10.6. The van der Waals surface area contributed by atoms with Gasteiger partial charge in [-0.2, -0.15) is 11.8 Å². The minimum absolute atomic E-state index is 0.202. The minimum atomic E-state index is -0.202. The van der Waals surface area contributed by atoms with E-state index in [9.17, 15) is 4.39 Å². The Morgan fingerprint density at radius 1 is 1.47 bits per heavy atom. The van der Waals surface area contributed by atoms with Crippen molar-refractivity contribution in [3.05, 3.63) is 29.8 Å². The molecule has 5 heteroatoms. The number of nitrogens with zero attached hydrogens (tertiary/aromatic N) is 2. The van der Waals surface area contributed by atoms with Crippen molar-refractivity contribution in [3.8, 4) is 0 Å². The Kier molecular flexibility index (Phi) is 3.99. The number of fused-ring (bicyclic) bond motifs is 1. The summed E-state index contributed by atoms with van der Waals surface area (Å²) < 4.78 is 15.6. The van der Waals surface area contributed by atoms with Gasteiger partial charge in [0.05, 0.1) is 11.0 Å². The number of aromatic nitrogens is 2. The molecule has 1 aromatic heterocycles. The lowest BCUT2D eigenvalue weighted by atomic mass is 10.1. The number of halogens is 2. The van der Waals surface area contributed by atoms with Crippen molar-refractivity contribution >= 4 is 34.4 Å². The average molecular weight is 299 g/mol. The maximum Gasteiger partial charge on any atom is 0.125 e. The van der Waals surface area contributed by atoms with Gasteiger partial charge in [-0.05, 0) is 42.0 Å². The fourth-order valence-electron chi connectivity index (χ4n) is 2.61. The summed E-state index contributed by atoms with van der Waals surface area (Å²) in [7, 11) is 0. The second-order valence-electron chi connectivity index (χ2n) is 4.94. The Morgan fingerprint density at radius 2 is 2.37 bits per heavy atom. The van der Waals surface area contributed by atoms with Crippen LogP contribution < -0.4 is 0 Å². The molecular weight excluding hydrogens is 283 g/mol. The van der Waals surface area contributed by atoms with Gasteiger partial charge in [0.1, 0.15) is 11.6 Å². The van der Waals surface area contributed by atoms with Crippen molar-refractivity contribution in [2.75, 3.05) is 17.4 Å². The molecule has 102 valence electrons. The van der Waals surface area contributed by atoms with E-state index in [2.05, 4.69) is 9.55 Å². The Labute approximate surface area is 121 Å². The predicted molar refractivity (Wildman–Crippen MR) is 79.5 cm³/mol. The van der Waals surface area contributed by atoms with Crippen LogP contribution >= 0.6 is 23.4 Å². The lowest BCUT2D eigenvalue weighted by Crippen LogP contribution is -2.13. The summed E-state index contributed by atoms with van der Waals surface area (Å²) in [6.07, 6.45) is 1.97. The van der Waals surface area contributed by atoms with E-state index in [-0.39, 0.29) is 5.82 Å². The molecule has 1 unspecified atom stereocenters. The molecule has 2 nitrogen and oxygen atoms in total. The molecule has 2 heterocycles. The quantitative estimate of drug-likeness (QED) is 0.801. The zero-order valence-corrected chi connectivity index (χ0v) is 12.2. The standard InChI is InChI=1S/C14H16ClFN2S/c15-5-3-14-17-12-2-1-11(16)7-13(12)18(14)8-10-4-6-19-9-10/h1-2,7,10H,3-6,8-9H2. The molecule has 3 rings (SSSR count). The monoisotopic (exact) mass is 298 g/mol. The molecule has 0 radical (unpaired) electrons. The molecule has 0 N–H and O–H groups in total. The first kappa shape index (κ1) is 13.3. The van der Waals surface area contributed by atoms with Crippen molar-refractivity contribution in [3.63, 3.8) is 0 Å². The van der Waals surface area contributed by atoms with Crippen molar-refractivity contribution < 1.29 is 4.39 Å². The van der Waals surface area contributed by atoms with E-state index in [4.69, 9.17) is 11.6 Å². The highest BCUT2D eigenvalue weighted by molar-refractivity contribution is 7.99. The van der Waals surface area contributed by atoms with Crippen LogP contribution in [0.4, 0.5) is 4.39 Å². The third kappa shape index (κ3) is 2.75. The van der Waals surface area contributed by atoms with Gasteiger partial charge in [0, 0.05) is 18.8 Å². The van der Waals surface area contributed by atoms with Crippen LogP contribution in [-0.4, -0.2) is 26.9 Å². The third-order valence-electron chi connectivity index (χ3n) is 3.57. The lowest BCUT2D eigenvalue weighted by Gasteiger charge is -2.13. The van der Waals surface area contributed by atoms with Crippen molar-refractivity contribution in [2.24, 2.45) is 5.92 Å². The van der Waals surface area contributed by atoms with Gasteiger partial charge in [0.2, 0.25) is 0 Å². The summed E-state index contributed by atoms with van der Waals surface area (Å²) >= 11 is 7.85. The van der Waals surface area contributed by atoms with E-state index >= 15 is 0 Å². The number of benzene rings is 1. The van der Waals surface area contributed by atoms with Gasteiger partial charge in [-0.25, -0.2) is 9.37 Å². The Balaban J connectivity index is 2.01. The summed E-state index contributed by atoms with van der Waals surface area (Å²) in [5.41, 5.74) is 1.77. The fourth-order valence-corrected chi connectivity index (χ4v) is 4.05. The topological polar surface area (TPSA) is 17.8 Å². The molecule has 1 fully saturated rings. The Bertz CT molecular complexity index is 578. The van der Waals surface area contributed by atoms with Crippen LogP contribution in [0.15, 0.2) is 18.2 Å². The van der Waals surface area contributed by atoms with Gasteiger partial charge in [-0.15, -0.1) is 11.6 Å². The highest BCUT2D eigenvalue weighted by Gasteiger charge is 2.19.